The highest BCUT2D eigenvalue weighted by atomic mass is 16.5. The molecular weight excluding hydrogens is 366 g/mol. The highest BCUT2D eigenvalue weighted by Gasteiger charge is 2.27. The first-order valence-electron chi connectivity index (χ1n) is 10.1. The predicted molar refractivity (Wildman–Crippen MR) is 108 cm³/mol. The van der Waals surface area contributed by atoms with E-state index in [-0.39, 0.29) is 18.4 Å². The molecule has 1 atom stereocenters. The third-order valence-electron chi connectivity index (χ3n) is 5.20. The van der Waals surface area contributed by atoms with Crippen LogP contribution in [0.2, 0.25) is 0 Å². The number of benzene rings is 2. The molecule has 2 heterocycles. The molecule has 1 aliphatic rings. The Kier molecular flexibility index (Phi) is 6.19. The van der Waals surface area contributed by atoms with E-state index in [4.69, 9.17) is 9.26 Å². The fourth-order valence-electron chi connectivity index (χ4n) is 3.62. The lowest BCUT2D eigenvalue weighted by Crippen LogP contribution is -2.39. The molecule has 3 aromatic rings. The second kappa shape index (κ2) is 9.37. The number of carbonyl (C=O) groups excluding carboxylic acids is 1. The standard InChI is InChI=1S/C23H25N3O3/c27-22(14-13-18-8-3-1-4-9-18)26-15-7-10-19(16-26)23-24-21(29-25-23)17-28-20-11-5-2-6-12-20/h1-6,8-9,11-12,19H,7,10,13-17H2. The Labute approximate surface area is 170 Å². The maximum absolute atomic E-state index is 12.7. The van der Waals surface area contributed by atoms with E-state index < -0.39 is 0 Å². The van der Waals surface area contributed by atoms with E-state index >= 15 is 0 Å². The summed E-state index contributed by atoms with van der Waals surface area (Å²) in [4.78, 5) is 19.1. The highest BCUT2D eigenvalue weighted by molar-refractivity contribution is 5.76. The molecule has 0 N–H and O–H groups in total. The Bertz CT molecular complexity index is 911. The fourth-order valence-corrected chi connectivity index (χ4v) is 3.62. The average molecular weight is 391 g/mol. The molecular formula is C23H25N3O3. The number of ether oxygens (including phenoxy) is 1. The molecule has 1 saturated heterocycles. The summed E-state index contributed by atoms with van der Waals surface area (Å²) in [7, 11) is 0. The van der Waals surface area contributed by atoms with Crippen molar-refractivity contribution in [2.75, 3.05) is 13.1 Å². The van der Waals surface area contributed by atoms with Crippen molar-refractivity contribution in [3.05, 3.63) is 77.9 Å². The van der Waals surface area contributed by atoms with Crippen LogP contribution in [0.15, 0.2) is 65.2 Å². The molecule has 0 bridgehead atoms. The van der Waals surface area contributed by atoms with Gasteiger partial charge in [0.25, 0.3) is 5.89 Å². The number of amides is 1. The molecule has 6 heteroatoms. The van der Waals surface area contributed by atoms with E-state index in [9.17, 15) is 4.79 Å². The van der Waals surface area contributed by atoms with Crippen LogP contribution in [0.5, 0.6) is 5.75 Å². The van der Waals surface area contributed by atoms with E-state index in [2.05, 4.69) is 22.3 Å². The first-order valence-corrected chi connectivity index (χ1v) is 10.1. The molecule has 6 nitrogen and oxygen atoms in total. The van der Waals surface area contributed by atoms with Gasteiger partial charge in [-0.15, -0.1) is 0 Å². The average Bonchev–Trinajstić information content (AvgIpc) is 3.27. The number of aryl methyl sites for hydroxylation is 1. The Morgan fingerprint density at radius 1 is 1.10 bits per heavy atom. The summed E-state index contributed by atoms with van der Waals surface area (Å²) < 4.78 is 11.0. The van der Waals surface area contributed by atoms with Crippen LogP contribution < -0.4 is 4.74 Å². The van der Waals surface area contributed by atoms with Crippen LogP contribution in [0, 0.1) is 0 Å². The topological polar surface area (TPSA) is 68.5 Å². The summed E-state index contributed by atoms with van der Waals surface area (Å²) in [5.41, 5.74) is 1.19. The van der Waals surface area contributed by atoms with Crippen molar-refractivity contribution in [1.29, 1.82) is 0 Å². The lowest BCUT2D eigenvalue weighted by atomic mass is 9.97. The number of hydrogen-bond donors (Lipinski definition) is 0. The first-order chi connectivity index (χ1) is 14.3. The zero-order valence-corrected chi connectivity index (χ0v) is 16.4. The van der Waals surface area contributed by atoms with Crippen LogP contribution in [0.1, 0.15) is 42.5 Å². The molecule has 1 unspecified atom stereocenters. The molecule has 0 radical (unpaired) electrons. The van der Waals surface area contributed by atoms with Gasteiger partial charge in [0, 0.05) is 25.4 Å². The third kappa shape index (κ3) is 5.22. The van der Waals surface area contributed by atoms with Crippen LogP contribution in [-0.4, -0.2) is 34.0 Å². The van der Waals surface area contributed by atoms with Gasteiger partial charge in [0.15, 0.2) is 12.4 Å². The molecule has 0 spiro atoms. The Balaban J connectivity index is 1.30. The number of nitrogens with zero attached hydrogens (tertiary/aromatic N) is 3. The number of piperidine rings is 1. The molecule has 1 aromatic heterocycles. The lowest BCUT2D eigenvalue weighted by molar-refractivity contribution is -0.132. The normalized spacial score (nSPS) is 16.6. The first kappa shape index (κ1) is 19.2. The maximum atomic E-state index is 12.7. The summed E-state index contributed by atoms with van der Waals surface area (Å²) in [5.74, 6) is 2.18. The third-order valence-corrected chi connectivity index (χ3v) is 5.20. The molecule has 29 heavy (non-hydrogen) atoms. The van der Waals surface area contributed by atoms with Crippen molar-refractivity contribution in [3.63, 3.8) is 0 Å². The smallest absolute Gasteiger partial charge is 0.264 e. The van der Waals surface area contributed by atoms with Crippen LogP contribution >= 0.6 is 0 Å². The van der Waals surface area contributed by atoms with Gasteiger partial charge >= 0.3 is 0 Å². The minimum absolute atomic E-state index is 0.110. The quantitative estimate of drug-likeness (QED) is 0.609. The SMILES string of the molecule is O=C(CCc1ccccc1)N1CCCC(c2noc(COc3ccccc3)n2)C1. The van der Waals surface area contributed by atoms with Gasteiger partial charge in [0.1, 0.15) is 5.75 Å². The largest absolute Gasteiger partial charge is 0.484 e. The molecule has 0 aliphatic carbocycles. The molecule has 0 saturated carbocycles. The summed E-state index contributed by atoms with van der Waals surface area (Å²) in [6.45, 7) is 1.68. The predicted octanol–water partition coefficient (Wildman–Crippen LogP) is 3.99. The number of rotatable bonds is 7. The van der Waals surface area contributed by atoms with Crippen LogP contribution in [0.3, 0.4) is 0 Å². The highest BCUT2D eigenvalue weighted by Crippen LogP contribution is 2.25. The molecule has 4 rings (SSSR count). The Hall–Kier alpha value is -3.15. The van der Waals surface area contributed by atoms with Gasteiger partial charge in [0.05, 0.1) is 0 Å². The van der Waals surface area contributed by atoms with Gasteiger partial charge in [-0.25, -0.2) is 0 Å². The van der Waals surface area contributed by atoms with Crippen molar-refractivity contribution in [3.8, 4) is 5.75 Å². The number of hydrogen-bond acceptors (Lipinski definition) is 5. The second-order valence-corrected chi connectivity index (χ2v) is 7.31. The number of para-hydroxylation sites is 1. The molecule has 1 aliphatic heterocycles. The van der Waals surface area contributed by atoms with Crippen LogP contribution in [0.25, 0.3) is 0 Å². The van der Waals surface area contributed by atoms with Gasteiger partial charge in [-0.2, -0.15) is 4.98 Å². The van der Waals surface area contributed by atoms with E-state index in [0.717, 1.165) is 31.6 Å². The van der Waals surface area contributed by atoms with Crippen molar-refractivity contribution in [2.45, 2.75) is 38.2 Å². The number of likely N-dealkylation sites (tertiary alicyclic amines) is 1. The van der Waals surface area contributed by atoms with Gasteiger partial charge in [0.2, 0.25) is 5.91 Å². The van der Waals surface area contributed by atoms with E-state index in [0.29, 0.717) is 24.7 Å². The van der Waals surface area contributed by atoms with Gasteiger partial charge < -0.3 is 14.2 Å². The van der Waals surface area contributed by atoms with E-state index in [1.165, 1.54) is 5.56 Å². The summed E-state index contributed by atoms with van der Waals surface area (Å²) in [6.07, 6.45) is 3.20. The van der Waals surface area contributed by atoms with Crippen molar-refractivity contribution >= 4 is 5.91 Å². The van der Waals surface area contributed by atoms with Crippen LogP contribution in [0.4, 0.5) is 0 Å². The van der Waals surface area contributed by atoms with Gasteiger partial charge in [-0.1, -0.05) is 53.7 Å². The minimum Gasteiger partial charge on any atom is -0.484 e. The Morgan fingerprint density at radius 2 is 1.86 bits per heavy atom. The molecule has 150 valence electrons. The summed E-state index contributed by atoms with van der Waals surface area (Å²) in [5, 5.41) is 4.14. The molecule has 1 amide bonds. The monoisotopic (exact) mass is 391 g/mol. The van der Waals surface area contributed by atoms with Gasteiger partial charge in [-0.05, 0) is 37.0 Å². The Morgan fingerprint density at radius 3 is 2.66 bits per heavy atom. The van der Waals surface area contributed by atoms with Crippen molar-refractivity contribution in [1.82, 2.24) is 15.0 Å². The zero-order valence-electron chi connectivity index (χ0n) is 16.4. The van der Waals surface area contributed by atoms with Crippen molar-refractivity contribution < 1.29 is 14.1 Å². The second-order valence-electron chi connectivity index (χ2n) is 7.31. The van der Waals surface area contributed by atoms with Crippen LogP contribution in [-0.2, 0) is 17.8 Å². The minimum atomic E-state index is 0.110. The lowest BCUT2D eigenvalue weighted by Gasteiger charge is -2.31. The van der Waals surface area contributed by atoms with Gasteiger partial charge in [-0.3, -0.25) is 4.79 Å². The number of aromatic nitrogens is 2. The van der Waals surface area contributed by atoms with Crippen molar-refractivity contribution in [2.24, 2.45) is 0 Å². The molecule has 1 fully saturated rings. The number of carbonyl (C=O) groups is 1. The zero-order chi connectivity index (χ0) is 19.9. The summed E-state index contributed by atoms with van der Waals surface area (Å²) in [6, 6.07) is 19.7. The summed E-state index contributed by atoms with van der Waals surface area (Å²) >= 11 is 0. The maximum Gasteiger partial charge on any atom is 0.264 e. The van der Waals surface area contributed by atoms with E-state index in [1.807, 2.05) is 53.4 Å². The fraction of sp³-hybridized carbons (Fsp3) is 0.348. The van der Waals surface area contributed by atoms with E-state index in [1.54, 1.807) is 0 Å². The molecule has 2 aromatic carbocycles.